The number of hydrogen-bond acceptors (Lipinski definition) is 2. The summed E-state index contributed by atoms with van der Waals surface area (Å²) in [5.41, 5.74) is 0.745. The van der Waals surface area contributed by atoms with Crippen LogP contribution in [0.25, 0.3) is 0 Å². The van der Waals surface area contributed by atoms with Crippen molar-refractivity contribution in [3.63, 3.8) is 0 Å². The molecule has 1 aliphatic heterocycles. The summed E-state index contributed by atoms with van der Waals surface area (Å²) in [5.74, 6) is -1.20. The minimum absolute atomic E-state index is 0.0230. The van der Waals surface area contributed by atoms with E-state index in [1.807, 2.05) is 6.92 Å². The molecule has 1 aromatic carbocycles. The third-order valence-electron chi connectivity index (χ3n) is 3.50. The van der Waals surface area contributed by atoms with E-state index in [1.165, 1.54) is 12.1 Å². The van der Waals surface area contributed by atoms with E-state index < -0.39 is 11.6 Å². The van der Waals surface area contributed by atoms with Crippen molar-refractivity contribution < 1.29 is 13.5 Å². The molecule has 0 radical (unpaired) electrons. The molecule has 1 aromatic rings. The molecule has 0 amide bonds. The van der Waals surface area contributed by atoms with Crippen LogP contribution in [0.15, 0.2) is 18.2 Å². The SMILES string of the molecule is CCNC(c1ccc(F)c(F)c1)C1OCCC1C. The van der Waals surface area contributed by atoms with E-state index in [0.717, 1.165) is 25.1 Å². The summed E-state index contributed by atoms with van der Waals surface area (Å²) >= 11 is 0. The highest BCUT2D eigenvalue weighted by Gasteiger charge is 2.32. The molecule has 4 heteroatoms. The monoisotopic (exact) mass is 255 g/mol. The molecule has 1 N–H and O–H groups in total. The predicted octanol–water partition coefficient (Wildman–Crippen LogP) is 3.04. The van der Waals surface area contributed by atoms with E-state index >= 15 is 0 Å². The van der Waals surface area contributed by atoms with Crippen molar-refractivity contribution >= 4 is 0 Å². The maximum absolute atomic E-state index is 13.3. The molecule has 3 unspecified atom stereocenters. The number of likely N-dealkylation sites (N-methyl/N-ethyl adjacent to an activating group) is 1. The fourth-order valence-corrected chi connectivity index (χ4v) is 2.49. The number of rotatable bonds is 4. The average molecular weight is 255 g/mol. The summed E-state index contributed by atoms with van der Waals surface area (Å²) in [5, 5.41) is 3.30. The van der Waals surface area contributed by atoms with Gasteiger partial charge in [-0.3, -0.25) is 0 Å². The fourth-order valence-electron chi connectivity index (χ4n) is 2.49. The zero-order valence-corrected chi connectivity index (χ0v) is 10.7. The molecule has 1 aliphatic rings. The van der Waals surface area contributed by atoms with Gasteiger partial charge in [-0.05, 0) is 36.6 Å². The molecule has 0 saturated carbocycles. The van der Waals surface area contributed by atoms with Gasteiger partial charge in [0.1, 0.15) is 0 Å². The number of ether oxygens (including phenoxy) is 1. The van der Waals surface area contributed by atoms with Crippen LogP contribution in [0.3, 0.4) is 0 Å². The Morgan fingerprint density at radius 2 is 2.17 bits per heavy atom. The number of hydrogen-bond donors (Lipinski definition) is 1. The van der Waals surface area contributed by atoms with E-state index in [9.17, 15) is 8.78 Å². The van der Waals surface area contributed by atoms with E-state index in [-0.39, 0.29) is 12.1 Å². The first-order valence-electron chi connectivity index (χ1n) is 6.43. The molecule has 1 heterocycles. The Balaban J connectivity index is 2.25. The molecule has 2 rings (SSSR count). The highest BCUT2D eigenvalue weighted by molar-refractivity contribution is 5.23. The topological polar surface area (TPSA) is 21.3 Å². The second-order valence-corrected chi connectivity index (χ2v) is 4.81. The van der Waals surface area contributed by atoms with Gasteiger partial charge in [0.05, 0.1) is 12.1 Å². The standard InChI is InChI=1S/C14H19F2NO/c1-3-17-13(14-9(2)6-7-18-14)10-4-5-11(15)12(16)8-10/h4-5,8-9,13-14,17H,3,6-7H2,1-2H3. The first kappa shape index (κ1) is 13.4. The Morgan fingerprint density at radius 3 is 2.72 bits per heavy atom. The summed E-state index contributed by atoms with van der Waals surface area (Å²) in [6.45, 7) is 5.61. The minimum atomic E-state index is -0.811. The van der Waals surface area contributed by atoms with Crippen molar-refractivity contribution in [2.45, 2.75) is 32.4 Å². The van der Waals surface area contributed by atoms with Gasteiger partial charge in [-0.1, -0.05) is 19.9 Å². The minimum Gasteiger partial charge on any atom is -0.376 e. The predicted molar refractivity (Wildman–Crippen MR) is 66.3 cm³/mol. The highest BCUT2D eigenvalue weighted by Crippen LogP contribution is 2.31. The highest BCUT2D eigenvalue weighted by atomic mass is 19.2. The number of benzene rings is 1. The molecule has 0 bridgehead atoms. The molecule has 0 spiro atoms. The summed E-state index contributed by atoms with van der Waals surface area (Å²) in [6.07, 6.45) is 1.03. The first-order chi connectivity index (χ1) is 8.63. The molecule has 1 saturated heterocycles. The Bertz CT molecular complexity index is 411. The lowest BCUT2D eigenvalue weighted by molar-refractivity contribution is 0.0611. The maximum Gasteiger partial charge on any atom is 0.159 e. The van der Waals surface area contributed by atoms with Crippen LogP contribution >= 0.6 is 0 Å². The first-order valence-corrected chi connectivity index (χ1v) is 6.43. The van der Waals surface area contributed by atoms with Crippen molar-refractivity contribution in [1.29, 1.82) is 0 Å². The van der Waals surface area contributed by atoms with Gasteiger partial charge in [0.2, 0.25) is 0 Å². The van der Waals surface area contributed by atoms with E-state index in [1.54, 1.807) is 6.07 Å². The zero-order chi connectivity index (χ0) is 13.1. The van der Waals surface area contributed by atoms with E-state index in [2.05, 4.69) is 12.2 Å². The van der Waals surface area contributed by atoms with Gasteiger partial charge in [-0.2, -0.15) is 0 Å². The Labute approximate surface area is 106 Å². The molecule has 100 valence electrons. The Morgan fingerprint density at radius 1 is 1.39 bits per heavy atom. The van der Waals surface area contributed by atoms with Gasteiger partial charge in [0.25, 0.3) is 0 Å². The van der Waals surface area contributed by atoms with Crippen LogP contribution in [-0.4, -0.2) is 19.3 Å². The van der Waals surface area contributed by atoms with Gasteiger partial charge < -0.3 is 10.1 Å². The van der Waals surface area contributed by atoms with E-state index in [4.69, 9.17) is 4.74 Å². The summed E-state index contributed by atoms with van der Waals surface area (Å²) in [6, 6.07) is 3.98. The lowest BCUT2D eigenvalue weighted by Crippen LogP contribution is -2.34. The average Bonchev–Trinajstić information content (AvgIpc) is 2.76. The van der Waals surface area contributed by atoms with E-state index in [0.29, 0.717) is 5.92 Å². The van der Waals surface area contributed by atoms with Gasteiger partial charge in [0.15, 0.2) is 11.6 Å². The van der Waals surface area contributed by atoms with Crippen LogP contribution in [-0.2, 0) is 4.74 Å². The van der Waals surface area contributed by atoms with Crippen LogP contribution < -0.4 is 5.32 Å². The molecular formula is C14H19F2NO. The quantitative estimate of drug-likeness (QED) is 0.893. The van der Waals surface area contributed by atoms with Gasteiger partial charge in [0, 0.05) is 6.61 Å². The van der Waals surface area contributed by atoms with Crippen LogP contribution in [0, 0.1) is 17.6 Å². The molecule has 3 atom stereocenters. The number of nitrogens with one attached hydrogen (secondary N) is 1. The smallest absolute Gasteiger partial charge is 0.159 e. The van der Waals surface area contributed by atoms with Gasteiger partial charge in [-0.15, -0.1) is 0 Å². The Kier molecular flexibility index (Phi) is 4.30. The van der Waals surface area contributed by atoms with Crippen molar-refractivity contribution in [1.82, 2.24) is 5.32 Å². The van der Waals surface area contributed by atoms with Gasteiger partial charge in [-0.25, -0.2) is 8.78 Å². The van der Waals surface area contributed by atoms with Crippen molar-refractivity contribution in [2.24, 2.45) is 5.92 Å². The largest absolute Gasteiger partial charge is 0.376 e. The van der Waals surface area contributed by atoms with Crippen molar-refractivity contribution in [3.05, 3.63) is 35.4 Å². The van der Waals surface area contributed by atoms with Crippen LogP contribution in [0.4, 0.5) is 8.78 Å². The van der Waals surface area contributed by atoms with Crippen molar-refractivity contribution in [3.8, 4) is 0 Å². The second kappa shape index (κ2) is 5.76. The van der Waals surface area contributed by atoms with Crippen LogP contribution in [0.1, 0.15) is 31.9 Å². The summed E-state index contributed by atoms with van der Waals surface area (Å²) < 4.78 is 32.0. The zero-order valence-electron chi connectivity index (χ0n) is 10.7. The third kappa shape index (κ3) is 2.70. The van der Waals surface area contributed by atoms with Crippen molar-refractivity contribution in [2.75, 3.05) is 13.2 Å². The maximum atomic E-state index is 13.3. The second-order valence-electron chi connectivity index (χ2n) is 4.81. The van der Waals surface area contributed by atoms with Crippen LogP contribution in [0.5, 0.6) is 0 Å². The lowest BCUT2D eigenvalue weighted by Gasteiger charge is -2.27. The molecule has 1 fully saturated rings. The molecule has 0 aromatic heterocycles. The summed E-state index contributed by atoms with van der Waals surface area (Å²) in [7, 11) is 0. The Hall–Kier alpha value is -1.00. The molecule has 0 aliphatic carbocycles. The van der Waals surface area contributed by atoms with Crippen LogP contribution in [0.2, 0.25) is 0 Å². The lowest BCUT2D eigenvalue weighted by atomic mass is 9.92. The number of halogens is 2. The molecular weight excluding hydrogens is 236 g/mol. The third-order valence-corrected chi connectivity index (χ3v) is 3.50. The molecule has 2 nitrogen and oxygen atoms in total. The van der Waals surface area contributed by atoms with Gasteiger partial charge >= 0.3 is 0 Å². The fraction of sp³-hybridized carbons (Fsp3) is 0.571. The normalized spacial score (nSPS) is 25.3. The molecule has 18 heavy (non-hydrogen) atoms. The summed E-state index contributed by atoms with van der Waals surface area (Å²) in [4.78, 5) is 0.